The van der Waals surface area contributed by atoms with E-state index in [1.807, 2.05) is 0 Å². The Morgan fingerprint density at radius 3 is 1.82 bits per heavy atom. The van der Waals surface area contributed by atoms with Gasteiger partial charge in [-0.05, 0) is 75.0 Å². The lowest BCUT2D eigenvalue weighted by atomic mass is 9.68. The molecule has 2 aliphatic rings. The Morgan fingerprint density at radius 2 is 1.41 bits per heavy atom. The second-order valence-electron chi connectivity index (χ2n) is 7.29. The number of hydrogen-bond donors (Lipinski definition) is 1. The van der Waals surface area contributed by atoms with Crippen LogP contribution in [-0.2, 0) is 0 Å². The molecule has 0 aromatic heterocycles. The van der Waals surface area contributed by atoms with Crippen LogP contribution in [-0.4, -0.2) is 22.2 Å². The molecule has 2 rings (SSSR count). The van der Waals surface area contributed by atoms with E-state index in [1.165, 1.54) is 38.5 Å². The monoisotopic (exact) mass is 313 g/mol. The topological polar surface area (TPSA) is 107 Å². The molecular weight excluding hydrogens is 278 g/mol. The fourth-order valence-corrected chi connectivity index (χ4v) is 4.38. The highest BCUT2D eigenvalue weighted by atomic mass is 16.3. The molecule has 0 aliphatic heterocycles. The summed E-state index contributed by atoms with van der Waals surface area (Å²) < 4.78 is 0. The molecule has 4 heteroatoms. The van der Waals surface area contributed by atoms with Crippen LogP contribution in [0.1, 0.15) is 71.6 Å². The highest BCUT2D eigenvalue weighted by Crippen LogP contribution is 2.42. The van der Waals surface area contributed by atoms with Crippen LogP contribution in [0.3, 0.4) is 0 Å². The minimum atomic E-state index is -0.0877. The molecule has 0 bridgehead atoms. The maximum atomic E-state index is 10.4. The average Bonchev–Trinajstić information content (AvgIpc) is 2.53. The van der Waals surface area contributed by atoms with Crippen molar-refractivity contribution in [1.82, 2.24) is 0 Å². The molecule has 130 valence electrons. The van der Waals surface area contributed by atoms with Crippen molar-refractivity contribution in [2.45, 2.75) is 77.7 Å². The highest BCUT2D eigenvalue weighted by Gasteiger charge is 2.33. The normalized spacial score (nSPS) is 34.5. The Hall–Kier alpha value is -0.630. The van der Waals surface area contributed by atoms with Gasteiger partial charge >= 0.3 is 0 Å². The molecule has 2 fully saturated rings. The van der Waals surface area contributed by atoms with Crippen LogP contribution in [0.4, 0.5) is 0 Å². The van der Waals surface area contributed by atoms with Gasteiger partial charge in [0.25, 0.3) is 0 Å². The Morgan fingerprint density at radius 1 is 0.955 bits per heavy atom. The molecule has 0 spiro atoms. The van der Waals surface area contributed by atoms with E-state index in [2.05, 4.69) is 19.9 Å². The van der Waals surface area contributed by atoms with Gasteiger partial charge in [0, 0.05) is 5.92 Å². The molecule has 2 atom stereocenters. The van der Waals surface area contributed by atoms with Gasteiger partial charge in [0.2, 0.25) is 0 Å². The molecule has 0 aromatic rings. The van der Waals surface area contributed by atoms with Crippen LogP contribution in [0, 0.1) is 40.9 Å². The van der Waals surface area contributed by atoms with Gasteiger partial charge in [-0.15, -0.1) is 0 Å². The van der Waals surface area contributed by atoms with E-state index in [1.54, 1.807) is 0 Å². The molecule has 0 radical (unpaired) electrons. The van der Waals surface area contributed by atoms with E-state index < -0.39 is 0 Å². The predicted octanol–water partition coefficient (Wildman–Crippen LogP) is 2.88. The Bertz CT molecular complexity index is 326. The summed E-state index contributed by atoms with van der Waals surface area (Å²) >= 11 is 0. The Balaban J connectivity index is 0.00000220. The Labute approximate surface area is 135 Å². The van der Waals surface area contributed by atoms with Crippen LogP contribution in [0.2, 0.25) is 0 Å². The number of rotatable bonds is 4. The van der Waals surface area contributed by atoms with Gasteiger partial charge in [0.1, 0.15) is 0 Å². The molecule has 0 aromatic carbocycles. The fraction of sp³-hybridized carbons (Fsp3) is 0.944. The summed E-state index contributed by atoms with van der Waals surface area (Å²) in [5.41, 5.74) is 0. The van der Waals surface area contributed by atoms with Crippen molar-refractivity contribution in [3.8, 4) is 6.07 Å². The molecular formula is C18H35NO3. The zero-order valence-electron chi connectivity index (χ0n) is 14.2. The minimum absolute atomic E-state index is 0. The zero-order chi connectivity index (χ0) is 14.5. The van der Waals surface area contributed by atoms with E-state index in [-0.39, 0.29) is 17.1 Å². The van der Waals surface area contributed by atoms with Gasteiger partial charge in [-0.25, -0.2) is 0 Å². The van der Waals surface area contributed by atoms with Gasteiger partial charge in [-0.2, -0.15) is 5.26 Å². The van der Waals surface area contributed by atoms with Crippen LogP contribution in [0.5, 0.6) is 0 Å². The second kappa shape index (κ2) is 10.2. The van der Waals surface area contributed by atoms with Gasteiger partial charge in [-0.1, -0.05) is 20.3 Å². The third-order valence-electron chi connectivity index (χ3n) is 6.15. The first-order valence-electron chi connectivity index (χ1n) is 8.73. The lowest BCUT2D eigenvalue weighted by Gasteiger charge is -2.39. The summed E-state index contributed by atoms with van der Waals surface area (Å²) in [5.74, 6) is 3.05. The molecule has 4 nitrogen and oxygen atoms in total. The third kappa shape index (κ3) is 5.22. The van der Waals surface area contributed by atoms with Crippen LogP contribution in [0.25, 0.3) is 0 Å². The van der Waals surface area contributed by atoms with Crippen molar-refractivity contribution >= 4 is 0 Å². The molecule has 2 unspecified atom stereocenters. The molecule has 5 N–H and O–H groups in total. The van der Waals surface area contributed by atoms with Crippen molar-refractivity contribution in [2.75, 3.05) is 0 Å². The average molecular weight is 313 g/mol. The summed E-state index contributed by atoms with van der Waals surface area (Å²) in [6, 6.07) is 2.44. The van der Waals surface area contributed by atoms with E-state index >= 15 is 0 Å². The van der Waals surface area contributed by atoms with Crippen molar-refractivity contribution < 1.29 is 16.1 Å². The second-order valence-corrected chi connectivity index (χ2v) is 7.29. The molecule has 22 heavy (non-hydrogen) atoms. The van der Waals surface area contributed by atoms with E-state index in [0.717, 1.165) is 31.1 Å². The maximum Gasteiger partial charge on any atom is 0.0655 e. The molecule has 2 saturated carbocycles. The standard InChI is InChI=1S/C18H31NO.2H2O/c1-3-13(2)18(20)17-10-8-16(9-11-17)15-6-4-14(12-19)5-7-15;;/h13-18,20H,3-11H2,1-2H3;2*1H2. The molecule has 0 saturated heterocycles. The summed E-state index contributed by atoms with van der Waals surface area (Å²) in [6.07, 6.45) is 10.8. The summed E-state index contributed by atoms with van der Waals surface area (Å²) in [4.78, 5) is 0. The number of aliphatic hydroxyl groups excluding tert-OH is 1. The van der Waals surface area contributed by atoms with Crippen LogP contribution >= 0.6 is 0 Å². The summed E-state index contributed by atoms with van der Waals surface area (Å²) in [6.45, 7) is 4.35. The summed E-state index contributed by atoms with van der Waals surface area (Å²) in [7, 11) is 0. The molecule has 0 heterocycles. The smallest absolute Gasteiger partial charge is 0.0655 e. The summed E-state index contributed by atoms with van der Waals surface area (Å²) in [5, 5.41) is 19.4. The number of nitrogens with zero attached hydrogens (tertiary/aromatic N) is 1. The van der Waals surface area contributed by atoms with E-state index in [0.29, 0.717) is 17.8 Å². The van der Waals surface area contributed by atoms with Crippen molar-refractivity contribution in [3.05, 3.63) is 0 Å². The van der Waals surface area contributed by atoms with Gasteiger partial charge in [-0.3, -0.25) is 0 Å². The van der Waals surface area contributed by atoms with Crippen LogP contribution < -0.4 is 0 Å². The lowest BCUT2D eigenvalue weighted by molar-refractivity contribution is 0.0219. The van der Waals surface area contributed by atoms with Crippen LogP contribution in [0.15, 0.2) is 0 Å². The zero-order valence-corrected chi connectivity index (χ0v) is 14.2. The SMILES string of the molecule is CCC(C)C(O)C1CCC(C2CCC(C#N)CC2)CC1.O.O. The van der Waals surface area contributed by atoms with E-state index in [4.69, 9.17) is 5.26 Å². The van der Waals surface area contributed by atoms with Gasteiger partial charge in [0.05, 0.1) is 12.2 Å². The predicted molar refractivity (Wildman–Crippen MR) is 89.2 cm³/mol. The highest BCUT2D eigenvalue weighted by molar-refractivity contribution is 4.90. The molecule has 0 amide bonds. The first kappa shape index (κ1) is 21.4. The largest absolute Gasteiger partial charge is 0.412 e. The van der Waals surface area contributed by atoms with Crippen molar-refractivity contribution in [1.29, 1.82) is 5.26 Å². The number of nitriles is 1. The van der Waals surface area contributed by atoms with Gasteiger partial charge in [0.15, 0.2) is 0 Å². The minimum Gasteiger partial charge on any atom is -0.412 e. The lowest BCUT2D eigenvalue weighted by Crippen LogP contribution is -2.33. The first-order valence-corrected chi connectivity index (χ1v) is 8.73. The van der Waals surface area contributed by atoms with Crippen molar-refractivity contribution in [2.24, 2.45) is 29.6 Å². The fourth-order valence-electron chi connectivity index (χ4n) is 4.38. The molecule has 2 aliphatic carbocycles. The van der Waals surface area contributed by atoms with Crippen molar-refractivity contribution in [3.63, 3.8) is 0 Å². The number of hydrogen-bond acceptors (Lipinski definition) is 2. The Kier molecular flexibility index (Phi) is 9.91. The number of aliphatic hydroxyl groups is 1. The first-order chi connectivity index (χ1) is 9.65. The van der Waals surface area contributed by atoms with E-state index in [9.17, 15) is 5.11 Å². The maximum absolute atomic E-state index is 10.4. The quantitative estimate of drug-likeness (QED) is 0.861. The third-order valence-corrected chi connectivity index (χ3v) is 6.15. The van der Waals surface area contributed by atoms with Gasteiger partial charge < -0.3 is 16.1 Å².